The summed E-state index contributed by atoms with van der Waals surface area (Å²) in [5.41, 5.74) is 1.32. The third kappa shape index (κ3) is 3.09. The van der Waals surface area contributed by atoms with Gasteiger partial charge in [-0.15, -0.1) is 0 Å². The van der Waals surface area contributed by atoms with Crippen molar-refractivity contribution in [2.45, 2.75) is 0 Å². The third-order valence-corrected chi connectivity index (χ3v) is 1.78. The summed E-state index contributed by atoms with van der Waals surface area (Å²) in [7, 11) is 5.07. The quantitative estimate of drug-likeness (QED) is 0.549. The van der Waals surface area contributed by atoms with Gasteiger partial charge in [-0.2, -0.15) is 0 Å². The fourth-order valence-electron chi connectivity index (χ4n) is 1.14. The maximum atomic E-state index is 11.5. The van der Waals surface area contributed by atoms with Crippen molar-refractivity contribution in [3.8, 4) is 0 Å². The van der Waals surface area contributed by atoms with Crippen LogP contribution in [0.4, 0.5) is 0 Å². The van der Waals surface area contributed by atoms with E-state index in [4.69, 9.17) is 4.74 Å². The van der Waals surface area contributed by atoms with E-state index in [1.165, 1.54) is 7.11 Å². The van der Waals surface area contributed by atoms with E-state index in [-0.39, 0.29) is 5.97 Å². The molecule has 0 fully saturated rings. The van der Waals surface area contributed by atoms with Crippen molar-refractivity contribution in [1.29, 1.82) is 0 Å². The van der Waals surface area contributed by atoms with Crippen LogP contribution in [0.15, 0.2) is 30.7 Å². The summed E-state index contributed by atoms with van der Waals surface area (Å²) in [4.78, 5) is 17.2. The average Bonchev–Trinajstić information content (AvgIpc) is 2.26. The minimum Gasteiger partial charge on any atom is -0.465 e. The summed E-state index contributed by atoms with van der Waals surface area (Å²) < 4.78 is 4.71. The molecule has 1 aromatic heterocycles. The number of nitrogens with zero attached hydrogens (tertiary/aromatic N) is 2. The molecule has 0 saturated carbocycles. The molecule has 15 heavy (non-hydrogen) atoms. The third-order valence-electron chi connectivity index (χ3n) is 1.78. The molecule has 0 radical (unpaired) electrons. The number of aromatic nitrogens is 1. The van der Waals surface area contributed by atoms with Crippen LogP contribution in [0, 0.1) is 0 Å². The highest BCUT2D eigenvalue weighted by Crippen LogP contribution is 2.14. The van der Waals surface area contributed by atoms with Crippen LogP contribution in [0.2, 0.25) is 0 Å². The lowest BCUT2D eigenvalue weighted by Gasteiger charge is -2.10. The zero-order chi connectivity index (χ0) is 11.3. The number of ether oxygens (including phenoxy) is 1. The van der Waals surface area contributed by atoms with Gasteiger partial charge in [0.05, 0.1) is 12.7 Å². The van der Waals surface area contributed by atoms with Crippen LogP contribution < -0.4 is 0 Å². The zero-order valence-corrected chi connectivity index (χ0v) is 9.10. The normalized spacial score (nSPS) is 11.0. The molecule has 4 nitrogen and oxygen atoms in total. The smallest absolute Gasteiger partial charge is 0.339 e. The van der Waals surface area contributed by atoms with E-state index in [1.807, 2.05) is 14.1 Å². The maximum Gasteiger partial charge on any atom is 0.339 e. The van der Waals surface area contributed by atoms with Gasteiger partial charge < -0.3 is 9.64 Å². The summed E-state index contributed by atoms with van der Waals surface area (Å²) in [6, 6.07) is 3.54. The Hall–Kier alpha value is -1.84. The fraction of sp³-hybridized carbons (Fsp3) is 0.273. The first-order valence-corrected chi connectivity index (χ1v) is 4.52. The van der Waals surface area contributed by atoms with E-state index in [1.54, 1.807) is 35.6 Å². The minimum absolute atomic E-state index is 0.352. The van der Waals surface area contributed by atoms with Gasteiger partial charge in [0.1, 0.15) is 0 Å². The van der Waals surface area contributed by atoms with Gasteiger partial charge in [0.25, 0.3) is 0 Å². The monoisotopic (exact) mass is 206 g/mol. The van der Waals surface area contributed by atoms with Crippen molar-refractivity contribution in [2.75, 3.05) is 21.2 Å². The summed E-state index contributed by atoms with van der Waals surface area (Å²) in [5.74, 6) is -0.352. The molecule has 0 bridgehead atoms. The molecule has 0 amide bonds. The molecular formula is C11H14N2O2. The van der Waals surface area contributed by atoms with Gasteiger partial charge >= 0.3 is 5.97 Å². The lowest BCUT2D eigenvalue weighted by atomic mass is 10.1. The minimum atomic E-state index is -0.352. The summed E-state index contributed by atoms with van der Waals surface area (Å²) in [6.45, 7) is 0. The zero-order valence-electron chi connectivity index (χ0n) is 9.10. The predicted octanol–water partition coefficient (Wildman–Crippen LogP) is 1.16. The Balaban J connectivity index is 3.08. The lowest BCUT2D eigenvalue weighted by molar-refractivity contribution is -0.133. The van der Waals surface area contributed by atoms with Crippen LogP contribution in [0.5, 0.6) is 0 Å². The molecule has 1 rings (SSSR count). The number of rotatable bonds is 3. The van der Waals surface area contributed by atoms with Gasteiger partial charge in [0.15, 0.2) is 0 Å². The maximum absolute atomic E-state index is 11.5. The molecule has 0 aromatic carbocycles. The van der Waals surface area contributed by atoms with Crippen molar-refractivity contribution in [3.63, 3.8) is 0 Å². The summed E-state index contributed by atoms with van der Waals surface area (Å²) in [5, 5.41) is 0. The van der Waals surface area contributed by atoms with E-state index in [0.717, 1.165) is 5.56 Å². The van der Waals surface area contributed by atoms with Crippen LogP contribution in [-0.4, -0.2) is 37.1 Å². The molecule has 0 aliphatic carbocycles. The van der Waals surface area contributed by atoms with Crippen molar-refractivity contribution in [2.24, 2.45) is 0 Å². The molecule has 0 spiro atoms. The van der Waals surface area contributed by atoms with Crippen LogP contribution >= 0.6 is 0 Å². The van der Waals surface area contributed by atoms with Gasteiger partial charge in [-0.25, -0.2) is 4.79 Å². The number of esters is 1. The van der Waals surface area contributed by atoms with Gasteiger partial charge in [0.2, 0.25) is 0 Å². The van der Waals surface area contributed by atoms with Crippen LogP contribution in [-0.2, 0) is 9.53 Å². The average molecular weight is 206 g/mol. The van der Waals surface area contributed by atoms with Gasteiger partial charge in [-0.05, 0) is 17.7 Å². The van der Waals surface area contributed by atoms with E-state index in [0.29, 0.717) is 5.57 Å². The number of hydrogen-bond donors (Lipinski definition) is 0. The molecular weight excluding hydrogens is 192 g/mol. The van der Waals surface area contributed by atoms with Crippen LogP contribution in [0.3, 0.4) is 0 Å². The summed E-state index contributed by atoms with van der Waals surface area (Å²) >= 11 is 0. The Labute approximate surface area is 89.2 Å². The molecule has 80 valence electrons. The van der Waals surface area contributed by atoms with Crippen molar-refractivity contribution >= 4 is 11.5 Å². The number of carbonyl (C=O) groups excluding carboxylic acids is 1. The number of pyridine rings is 1. The molecule has 0 N–H and O–H groups in total. The van der Waals surface area contributed by atoms with Gasteiger partial charge in [0, 0.05) is 32.7 Å². The van der Waals surface area contributed by atoms with E-state index < -0.39 is 0 Å². The second-order valence-corrected chi connectivity index (χ2v) is 3.23. The Morgan fingerprint density at radius 2 is 2.00 bits per heavy atom. The Morgan fingerprint density at radius 3 is 2.47 bits per heavy atom. The number of hydrogen-bond acceptors (Lipinski definition) is 4. The number of carbonyl (C=O) groups is 1. The van der Waals surface area contributed by atoms with Crippen molar-refractivity contribution < 1.29 is 9.53 Å². The van der Waals surface area contributed by atoms with Crippen LogP contribution in [0.25, 0.3) is 5.57 Å². The molecule has 0 saturated heterocycles. The SMILES string of the molecule is COC(=O)C(=CN(C)C)c1ccncc1. The molecule has 4 heteroatoms. The molecule has 0 aliphatic heterocycles. The number of methoxy groups -OCH3 is 1. The van der Waals surface area contributed by atoms with Gasteiger partial charge in [-0.3, -0.25) is 4.98 Å². The Bertz CT molecular complexity index is 358. The predicted molar refractivity (Wildman–Crippen MR) is 57.9 cm³/mol. The fourth-order valence-corrected chi connectivity index (χ4v) is 1.14. The molecule has 0 aliphatic rings. The van der Waals surface area contributed by atoms with Gasteiger partial charge in [-0.1, -0.05) is 0 Å². The topological polar surface area (TPSA) is 42.4 Å². The molecule has 1 aromatic rings. The first-order valence-electron chi connectivity index (χ1n) is 4.52. The van der Waals surface area contributed by atoms with E-state index in [2.05, 4.69) is 4.98 Å². The van der Waals surface area contributed by atoms with Crippen molar-refractivity contribution in [3.05, 3.63) is 36.3 Å². The second kappa shape index (κ2) is 5.14. The lowest BCUT2D eigenvalue weighted by Crippen LogP contribution is -2.10. The first kappa shape index (κ1) is 11.2. The second-order valence-electron chi connectivity index (χ2n) is 3.23. The Kier molecular flexibility index (Phi) is 3.85. The molecule has 1 heterocycles. The van der Waals surface area contributed by atoms with Crippen LogP contribution in [0.1, 0.15) is 5.56 Å². The molecule has 0 unspecified atom stereocenters. The Morgan fingerprint density at radius 1 is 1.40 bits per heavy atom. The highest BCUT2D eigenvalue weighted by atomic mass is 16.5. The first-order chi connectivity index (χ1) is 7.15. The van der Waals surface area contributed by atoms with Crippen molar-refractivity contribution in [1.82, 2.24) is 9.88 Å². The largest absolute Gasteiger partial charge is 0.465 e. The van der Waals surface area contributed by atoms with E-state index >= 15 is 0 Å². The molecule has 0 atom stereocenters. The highest BCUT2D eigenvalue weighted by Gasteiger charge is 2.12. The standard InChI is InChI=1S/C11H14N2O2/c1-13(2)8-10(11(14)15-3)9-4-6-12-7-5-9/h4-8H,1-3H3. The van der Waals surface area contributed by atoms with E-state index in [9.17, 15) is 4.79 Å². The summed E-state index contributed by atoms with van der Waals surface area (Å²) in [6.07, 6.45) is 5.00. The highest BCUT2D eigenvalue weighted by molar-refractivity contribution is 6.16.